The van der Waals surface area contributed by atoms with Crippen molar-refractivity contribution in [2.75, 3.05) is 13.1 Å². The predicted octanol–water partition coefficient (Wildman–Crippen LogP) is 1.59. The number of carboxylic acid groups (broad SMARTS) is 1. The minimum Gasteiger partial charge on any atom is -0.480 e. The van der Waals surface area contributed by atoms with Crippen LogP contribution in [0.1, 0.15) is 59.3 Å². The van der Waals surface area contributed by atoms with Crippen molar-refractivity contribution in [1.29, 1.82) is 0 Å². The van der Waals surface area contributed by atoms with E-state index in [2.05, 4.69) is 26.1 Å². The fourth-order valence-corrected chi connectivity index (χ4v) is 4.68. The molecule has 2 heterocycles. The normalized spacial score (nSPS) is 31.5. The molecule has 150 valence electrons. The number of amides is 4. The first-order valence-corrected chi connectivity index (χ1v) is 9.71. The van der Waals surface area contributed by atoms with Crippen molar-refractivity contribution in [3.63, 3.8) is 0 Å². The minimum absolute atomic E-state index is 0.157. The van der Waals surface area contributed by atoms with Gasteiger partial charge in [0.25, 0.3) is 5.91 Å². The van der Waals surface area contributed by atoms with Crippen molar-refractivity contribution in [3.8, 4) is 0 Å². The van der Waals surface area contributed by atoms with Crippen LogP contribution in [0.2, 0.25) is 0 Å². The monoisotopic (exact) mass is 379 g/mol. The van der Waals surface area contributed by atoms with Gasteiger partial charge in [-0.3, -0.25) is 14.5 Å². The van der Waals surface area contributed by atoms with Crippen LogP contribution in [-0.2, 0) is 14.4 Å². The van der Waals surface area contributed by atoms with E-state index in [1.54, 1.807) is 0 Å². The summed E-state index contributed by atoms with van der Waals surface area (Å²) in [6, 6.07) is -1.41. The highest BCUT2D eigenvalue weighted by Gasteiger charge is 2.54. The molecule has 0 unspecified atom stereocenters. The quantitative estimate of drug-likeness (QED) is 0.724. The van der Waals surface area contributed by atoms with Gasteiger partial charge in [0, 0.05) is 6.54 Å². The van der Waals surface area contributed by atoms with E-state index in [0.717, 1.165) is 17.7 Å². The lowest BCUT2D eigenvalue weighted by molar-refractivity contribution is -0.149. The lowest BCUT2D eigenvalue weighted by atomic mass is 9.67. The largest absolute Gasteiger partial charge is 0.480 e. The van der Waals surface area contributed by atoms with Crippen LogP contribution in [0.5, 0.6) is 0 Å². The van der Waals surface area contributed by atoms with E-state index in [1.165, 1.54) is 4.90 Å². The molecule has 4 amide bonds. The smallest absolute Gasteiger partial charge is 0.326 e. The number of urea groups is 1. The zero-order valence-corrected chi connectivity index (χ0v) is 16.3. The number of aliphatic carboxylic acids is 1. The molecule has 3 aliphatic rings. The van der Waals surface area contributed by atoms with Gasteiger partial charge in [-0.05, 0) is 49.9 Å². The number of nitrogens with one attached hydrogen (secondary N) is 1. The van der Waals surface area contributed by atoms with Crippen LogP contribution in [0.25, 0.3) is 0 Å². The van der Waals surface area contributed by atoms with Gasteiger partial charge >= 0.3 is 12.0 Å². The standard InChI is InChI=1S/C19H29N3O5/c1-18(2,3)12-6-8-19(9-7-12)16(26)22(17(27)20-19)11-14(23)21-10-4-5-13(21)15(24)25/h12-13H,4-11H2,1-3H3,(H,20,27)(H,24,25)/t12?,13-,19?/m1/s1. The Balaban J connectivity index is 1.67. The molecule has 8 nitrogen and oxygen atoms in total. The molecule has 3 rings (SSSR count). The number of carbonyl (C=O) groups is 4. The van der Waals surface area contributed by atoms with Crippen molar-refractivity contribution >= 4 is 23.8 Å². The Labute approximate surface area is 159 Å². The van der Waals surface area contributed by atoms with Crippen LogP contribution >= 0.6 is 0 Å². The first-order valence-electron chi connectivity index (χ1n) is 9.71. The molecule has 1 aliphatic carbocycles. The molecule has 0 radical (unpaired) electrons. The molecule has 0 aromatic carbocycles. The molecule has 2 aliphatic heterocycles. The fraction of sp³-hybridized carbons (Fsp3) is 0.789. The summed E-state index contributed by atoms with van der Waals surface area (Å²) in [7, 11) is 0. The van der Waals surface area contributed by atoms with E-state index >= 15 is 0 Å². The summed E-state index contributed by atoms with van der Waals surface area (Å²) in [5.74, 6) is -1.39. The summed E-state index contributed by atoms with van der Waals surface area (Å²) in [5.41, 5.74) is -0.749. The second kappa shape index (κ2) is 6.80. The number of carbonyl (C=O) groups excluding carboxylic acids is 3. The van der Waals surface area contributed by atoms with E-state index in [4.69, 9.17) is 0 Å². The third-order valence-electron chi connectivity index (χ3n) is 6.46. The number of hydrogen-bond acceptors (Lipinski definition) is 4. The van der Waals surface area contributed by atoms with Crippen LogP contribution < -0.4 is 5.32 Å². The summed E-state index contributed by atoms with van der Waals surface area (Å²) in [6.07, 6.45) is 3.87. The first-order chi connectivity index (χ1) is 12.5. The molecule has 0 aromatic rings. The maximum Gasteiger partial charge on any atom is 0.326 e. The van der Waals surface area contributed by atoms with Crippen LogP contribution in [0.3, 0.4) is 0 Å². The number of carboxylic acids is 1. The lowest BCUT2D eigenvalue weighted by Gasteiger charge is -2.40. The highest BCUT2D eigenvalue weighted by Crippen LogP contribution is 2.43. The Morgan fingerprint density at radius 2 is 1.81 bits per heavy atom. The van der Waals surface area contributed by atoms with E-state index in [9.17, 15) is 24.3 Å². The maximum atomic E-state index is 13.0. The maximum absolute atomic E-state index is 13.0. The van der Waals surface area contributed by atoms with Gasteiger partial charge in [-0.15, -0.1) is 0 Å². The number of nitrogens with zero attached hydrogens (tertiary/aromatic N) is 2. The summed E-state index contributed by atoms with van der Waals surface area (Å²) in [4.78, 5) is 51.5. The van der Waals surface area contributed by atoms with Crippen molar-refractivity contribution in [2.24, 2.45) is 11.3 Å². The summed E-state index contributed by atoms with van der Waals surface area (Å²) in [5, 5.41) is 12.1. The average Bonchev–Trinajstić information content (AvgIpc) is 3.15. The summed E-state index contributed by atoms with van der Waals surface area (Å²) >= 11 is 0. The van der Waals surface area contributed by atoms with Gasteiger partial charge in [0.2, 0.25) is 5.91 Å². The molecular weight excluding hydrogens is 350 g/mol. The van der Waals surface area contributed by atoms with Crippen LogP contribution in [-0.4, -0.2) is 63.4 Å². The Morgan fingerprint density at radius 1 is 1.19 bits per heavy atom. The number of likely N-dealkylation sites (tertiary alicyclic amines) is 1. The van der Waals surface area contributed by atoms with Crippen molar-refractivity contribution in [3.05, 3.63) is 0 Å². The van der Waals surface area contributed by atoms with Gasteiger partial charge in [-0.2, -0.15) is 0 Å². The van der Waals surface area contributed by atoms with Crippen LogP contribution in [0, 0.1) is 11.3 Å². The third kappa shape index (κ3) is 3.53. The molecule has 0 aromatic heterocycles. The Hall–Kier alpha value is -2.12. The average molecular weight is 379 g/mol. The SMILES string of the molecule is CC(C)(C)C1CCC2(CC1)NC(=O)N(CC(=O)N1CCC[C@@H]1C(=O)O)C2=O. The van der Waals surface area contributed by atoms with Gasteiger partial charge in [0.1, 0.15) is 18.1 Å². The van der Waals surface area contributed by atoms with Gasteiger partial charge in [-0.25, -0.2) is 9.59 Å². The van der Waals surface area contributed by atoms with Crippen LogP contribution in [0.4, 0.5) is 4.79 Å². The van der Waals surface area contributed by atoms with Gasteiger partial charge in [-0.1, -0.05) is 20.8 Å². The molecule has 1 spiro atoms. The van der Waals surface area contributed by atoms with E-state index < -0.39 is 29.5 Å². The zero-order valence-electron chi connectivity index (χ0n) is 16.3. The highest BCUT2D eigenvalue weighted by molar-refractivity contribution is 6.09. The molecular formula is C19H29N3O5. The van der Waals surface area contributed by atoms with Gasteiger partial charge in [0.05, 0.1) is 0 Å². The van der Waals surface area contributed by atoms with Gasteiger partial charge in [0.15, 0.2) is 0 Å². The Bertz CT molecular complexity index is 661. The lowest BCUT2D eigenvalue weighted by Crippen LogP contribution is -2.51. The number of hydrogen-bond donors (Lipinski definition) is 2. The summed E-state index contributed by atoms with van der Waals surface area (Å²) in [6.45, 7) is 6.51. The zero-order chi connectivity index (χ0) is 20.0. The molecule has 8 heteroatoms. The van der Waals surface area contributed by atoms with Crippen molar-refractivity contribution in [1.82, 2.24) is 15.1 Å². The third-order valence-corrected chi connectivity index (χ3v) is 6.46. The second-order valence-electron chi connectivity index (χ2n) is 9.13. The Morgan fingerprint density at radius 3 is 2.37 bits per heavy atom. The second-order valence-corrected chi connectivity index (χ2v) is 9.13. The molecule has 0 bridgehead atoms. The minimum atomic E-state index is -1.05. The molecule has 1 atom stereocenters. The highest BCUT2D eigenvalue weighted by atomic mass is 16.4. The first kappa shape index (κ1) is 19.6. The molecule has 1 saturated carbocycles. The van der Waals surface area contributed by atoms with Crippen molar-refractivity contribution < 1.29 is 24.3 Å². The molecule has 2 saturated heterocycles. The molecule has 2 N–H and O–H groups in total. The molecule has 3 fully saturated rings. The topological polar surface area (TPSA) is 107 Å². The summed E-state index contributed by atoms with van der Waals surface area (Å²) < 4.78 is 0. The van der Waals surface area contributed by atoms with E-state index in [-0.39, 0.29) is 17.9 Å². The van der Waals surface area contributed by atoms with Gasteiger partial charge < -0.3 is 15.3 Å². The number of imide groups is 1. The van der Waals surface area contributed by atoms with E-state index in [0.29, 0.717) is 38.1 Å². The Kier molecular flexibility index (Phi) is 4.94. The van der Waals surface area contributed by atoms with Crippen molar-refractivity contribution in [2.45, 2.75) is 70.9 Å². The molecule has 27 heavy (non-hydrogen) atoms. The van der Waals surface area contributed by atoms with Crippen LogP contribution in [0.15, 0.2) is 0 Å². The number of rotatable bonds is 3. The fourth-order valence-electron chi connectivity index (χ4n) is 4.68. The predicted molar refractivity (Wildman–Crippen MR) is 96.8 cm³/mol. The van der Waals surface area contributed by atoms with E-state index in [1.807, 2.05) is 0 Å².